The Morgan fingerprint density at radius 2 is 1.76 bits per heavy atom. The summed E-state index contributed by atoms with van der Waals surface area (Å²) in [4.78, 5) is 52.0. The molecule has 2 aliphatic heterocycles. The van der Waals surface area contributed by atoms with Crippen LogP contribution in [0, 0.1) is 18.2 Å². The molecule has 6 rings (SSSR count). The highest BCUT2D eigenvalue weighted by atomic mass is 32.1. The third-order valence-corrected chi connectivity index (χ3v) is 11.2. The Morgan fingerprint density at radius 1 is 1.05 bits per heavy atom. The number of aliphatic hydroxyl groups excluding tert-OH is 1. The number of phenolic OH excluding ortho intramolecular Hbond substituents is 1. The maximum Gasteiger partial charge on any atom is 0.246 e. The number of aliphatic hydroxyl groups is 1. The molecule has 6 N–H and O–H groups in total. The number of aromatic hydroxyl groups is 1. The minimum atomic E-state index is -0.956. The summed E-state index contributed by atoms with van der Waals surface area (Å²) in [5, 5.41) is 34.9. The average Bonchev–Trinajstić information content (AvgIpc) is 3.77. The van der Waals surface area contributed by atoms with Gasteiger partial charge in [-0.3, -0.25) is 19.3 Å². The molecule has 0 saturated carbocycles. The molecule has 3 amide bonds. The zero-order valence-corrected chi connectivity index (χ0v) is 32.4. The highest BCUT2D eigenvalue weighted by Crippen LogP contribution is 2.34. The van der Waals surface area contributed by atoms with Crippen molar-refractivity contribution < 1.29 is 29.0 Å². The molecule has 0 spiro atoms. The number of carbonyl (C=O) groups is 3. The van der Waals surface area contributed by atoms with Gasteiger partial charge in [-0.05, 0) is 48.6 Å². The first-order chi connectivity index (χ1) is 26.1. The van der Waals surface area contributed by atoms with Gasteiger partial charge < -0.3 is 36.4 Å². The van der Waals surface area contributed by atoms with E-state index in [1.807, 2.05) is 74.2 Å². The number of hydrogen-bond donors (Lipinski definition) is 5. The molecule has 1 unspecified atom stereocenters. The molecular formula is C39H48FN9O5S. The van der Waals surface area contributed by atoms with Gasteiger partial charge in [0, 0.05) is 44.7 Å². The fourth-order valence-corrected chi connectivity index (χ4v) is 7.88. The lowest BCUT2D eigenvalue weighted by atomic mass is 9.85. The lowest BCUT2D eigenvalue weighted by Crippen LogP contribution is -2.59. The first-order valence-corrected chi connectivity index (χ1v) is 19.2. The van der Waals surface area contributed by atoms with E-state index < -0.39 is 41.1 Å². The lowest BCUT2D eigenvalue weighted by Gasteiger charge is -2.38. The van der Waals surface area contributed by atoms with Crippen LogP contribution in [0.3, 0.4) is 0 Å². The van der Waals surface area contributed by atoms with Crippen LogP contribution in [0.15, 0.2) is 54.0 Å². The molecule has 4 aromatic rings. The number of nitrogen functional groups attached to an aromatic ring is 1. The Bertz CT molecular complexity index is 2030. The Balaban J connectivity index is 1.06. The monoisotopic (exact) mass is 773 g/mol. The van der Waals surface area contributed by atoms with Crippen molar-refractivity contribution >= 4 is 40.6 Å². The van der Waals surface area contributed by atoms with E-state index in [2.05, 4.69) is 25.8 Å². The van der Waals surface area contributed by atoms with Crippen LogP contribution in [0.4, 0.5) is 15.9 Å². The van der Waals surface area contributed by atoms with Gasteiger partial charge in [-0.15, -0.1) is 21.5 Å². The van der Waals surface area contributed by atoms with Crippen molar-refractivity contribution in [2.75, 3.05) is 49.9 Å². The van der Waals surface area contributed by atoms with Gasteiger partial charge in [0.05, 0.1) is 46.2 Å². The number of para-hydroxylation sites is 1. The van der Waals surface area contributed by atoms with Crippen LogP contribution in [-0.4, -0.2) is 110 Å². The number of benzene rings is 2. The summed E-state index contributed by atoms with van der Waals surface area (Å²) < 4.78 is 14.0. The zero-order valence-electron chi connectivity index (χ0n) is 31.6. The largest absolute Gasteiger partial charge is 0.504 e. The Morgan fingerprint density at radius 3 is 2.42 bits per heavy atom. The molecule has 14 nitrogen and oxygen atoms in total. The van der Waals surface area contributed by atoms with Crippen molar-refractivity contribution in [3.8, 4) is 27.4 Å². The topological polar surface area (TPSA) is 190 Å². The summed E-state index contributed by atoms with van der Waals surface area (Å²) in [6, 6.07) is 11.5. The van der Waals surface area contributed by atoms with Gasteiger partial charge in [0.1, 0.15) is 12.1 Å². The summed E-state index contributed by atoms with van der Waals surface area (Å²) in [7, 11) is 0. The highest BCUT2D eigenvalue weighted by Gasteiger charge is 2.45. The number of piperazine rings is 1. The van der Waals surface area contributed by atoms with E-state index in [9.17, 15) is 29.0 Å². The number of thiazole rings is 1. The molecule has 2 saturated heterocycles. The maximum atomic E-state index is 14.2. The smallest absolute Gasteiger partial charge is 0.246 e. The van der Waals surface area contributed by atoms with Crippen LogP contribution >= 0.6 is 11.3 Å². The molecule has 55 heavy (non-hydrogen) atoms. The molecule has 4 atom stereocenters. The predicted octanol–water partition coefficient (Wildman–Crippen LogP) is 3.49. The molecule has 2 aromatic carbocycles. The summed E-state index contributed by atoms with van der Waals surface area (Å²) in [6.45, 7) is 11.4. The molecule has 2 aliphatic rings. The maximum absolute atomic E-state index is 14.2. The number of hydrogen-bond acceptors (Lipinski definition) is 12. The third kappa shape index (κ3) is 8.87. The van der Waals surface area contributed by atoms with Gasteiger partial charge in [-0.2, -0.15) is 0 Å². The number of likely N-dealkylation sites (tertiary alicyclic amines) is 1. The number of halogens is 1. The van der Waals surface area contributed by atoms with Gasteiger partial charge in [-0.1, -0.05) is 51.1 Å². The Hall–Kier alpha value is -5.19. The van der Waals surface area contributed by atoms with E-state index in [0.29, 0.717) is 31.9 Å². The zero-order chi connectivity index (χ0) is 39.6. The second-order valence-corrected chi connectivity index (χ2v) is 16.1. The first-order valence-electron chi connectivity index (χ1n) is 18.3. The van der Waals surface area contributed by atoms with Crippen molar-refractivity contribution in [2.24, 2.45) is 5.41 Å². The molecule has 2 aromatic heterocycles. The second kappa shape index (κ2) is 16.3. The molecule has 0 radical (unpaired) electrons. The Kier molecular flexibility index (Phi) is 11.7. The number of anilines is 2. The standard InChI is InChI=1S/C39H48FN9O5S/c1-22(24-9-11-25(12-10-24)34-23(2)42-21-55-34)43-37(53)31-17-26(50)19-49(31)38(54)35(39(3,4)5)44-32(51)20-47-13-15-48(16-14-47)30-18-29(45-46-36(30)41)27-7-6-8-28(40)33(27)52/h6-12,18,21-22,26,31,35,50,52H,13-17,19-20H2,1-5H3,(H2,41,46)(H,43,53)(H,44,51)/t22-,26+,31-,35?/m0/s1. The number of amides is 3. The number of phenols is 1. The predicted molar refractivity (Wildman–Crippen MR) is 209 cm³/mol. The molecule has 0 bridgehead atoms. The second-order valence-electron chi connectivity index (χ2n) is 15.3. The average molecular weight is 774 g/mol. The number of carbonyl (C=O) groups excluding carboxylic acids is 3. The van der Waals surface area contributed by atoms with Crippen molar-refractivity contribution in [2.45, 2.75) is 65.3 Å². The van der Waals surface area contributed by atoms with Gasteiger partial charge >= 0.3 is 0 Å². The molecule has 0 aliphatic carbocycles. The number of nitrogens with zero attached hydrogens (tertiary/aromatic N) is 6. The van der Waals surface area contributed by atoms with Crippen LogP contribution < -0.4 is 21.3 Å². The van der Waals surface area contributed by atoms with Crippen molar-refractivity contribution in [1.29, 1.82) is 0 Å². The van der Waals surface area contributed by atoms with E-state index in [1.54, 1.807) is 23.5 Å². The lowest BCUT2D eigenvalue weighted by molar-refractivity contribution is -0.144. The third-order valence-electron chi connectivity index (χ3n) is 10.2. The van der Waals surface area contributed by atoms with Crippen LogP contribution in [-0.2, 0) is 14.4 Å². The van der Waals surface area contributed by atoms with E-state index >= 15 is 0 Å². The van der Waals surface area contributed by atoms with Crippen molar-refractivity contribution in [1.82, 2.24) is 35.6 Å². The van der Waals surface area contributed by atoms with E-state index in [1.165, 1.54) is 11.0 Å². The molecule has 16 heteroatoms. The summed E-state index contributed by atoms with van der Waals surface area (Å²) in [5.74, 6) is -2.26. The number of aryl methyl sites for hydroxylation is 1. The van der Waals surface area contributed by atoms with Crippen molar-refractivity contribution in [3.05, 3.63) is 71.1 Å². The van der Waals surface area contributed by atoms with Crippen LogP contribution in [0.2, 0.25) is 0 Å². The molecule has 4 heterocycles. The van der Waals surface area contributed by atoms with Gasteiger partial charge in [0.15, 0.2) is 17.4 Å². The van der Waals surface area contributed by atoms with Gasteiger partial charge in [0.25, 0.3) is 0 Å². The van der Waals surface area contributed by atoms with Gasteiger partial charge in [-0.25, -0.2) is 9.37 Å². The number of nitrogens with one attached hydrogen (secondary N) is 2. The van der Waals surface area contributed by atoms with E-state index in [-0.39, 0.29) is 54.4 Å². The van der Waals surface area contributed by atoms with E-state index in [4.69, 9.17) is 5.73 Å². The molecule has 2 fully saturated rings. The fraction of sp³-hybridized carbons (Fsp3) is 0.436. The fourth-order valence-electron chi connectivity index (χ4n) is 7.07. The summed E-state index contributed by atoms with van der Waals surface area (Å²) in [6.07, 6.45) is -0.796. The van der Waals surface area contributed by atoms with Crippen LogP contribution in [0.1, 0.15) is 51.4 Å². The number of aromatic nitrogens is 3. The van der Waals surface area contributed by atoms with E-state index in [0.717, 1.165) is 27.8 Å². The SMILES string of the molecule is Cc1ncsc1-c1ccc([C@H](C)NC(=O)[C@@H]2C[C@@H](O)CN2C(=O)C(NC(=O)CN2CCN(c3cc(-c4cccc(F)c4O)nnc3N)CC2)C(C)(C)C)cc1. The Labute approximate surface area is 323 Å². The normalized spacial score (nSPS) is 18.9. The number of β-amino-alcohol motifs (C(OH)–C–C–N with tert-alkyl or cyclic N) is 1. The minimum absolute atomic E-state index is 0.0217. The highest BCUT2D eigenvalue weighted by molar-refractivity contribution is 7.13. The van der Waals surface area contributed by atoms with Crippen LogP contribution in [0.25, 0.3) is 21.7 Å². The quantitative estimate of drug-likeness (QED) is 0.159. The summed E-state index contributed by atoms with van der Waals surface area (Å²) in [5.41, 5.74) is 11.2. The van der Waals surface area contributed by atoms with Crippen LogP contribution in [0.5, 0.6) is 5.75 Å². The van der Waals surface area contributed by atoms with Gasteiger partial charge in [0.2, 0.25) is 17.7 Å². The first kappa shape index (κ1) is 39.5. The summed E-state index contributed by atoms with van der Waals surface area (Å²) >= 11 is 1.57. The number of nitrogens with two attached hydrogens (primary N) is 1. The minimum Gasteiger partial charge on any atom is -0.504 e. The molecular weight excluding hydrogens is 726 g/mol. The number of rotatable bonds is 10. The van der Waals surface area contributed by atoms with Crippen molar-refractivity contribution in [3.63, 3.8) is 0 Å². The molecule has 292 valence electrons.